The first-order valence-electron chi connectivity index (χ1n) is 7.71. The number of anilines is 1. The third-order valence-corrected chi connectivity index (χ3v) is 4.50. The van der Waals surface area contributed by atoms with Gasteiger partial charge in [-0.15, -0.1) is 0 Å². The number of rotatable bonds is 2. The van der Waals surface area contributed by atoms with Crippen molar-refractivity contribution in [2.45, 2.75) is 39.3 Å². The van der Waals surface area contributed by atoms with Crippen LogP contribution in [0.25, 0.3) is 0 Å². The van der Waals surface area contributed by atoms with E-state index in [0.29, 0.717) is 30.2 Å². The Morgan fingerprint density at radius 2 is 2.17 bits per heavy atom. The minimum atomic E-state index is -0.269. The summed E-state index contributed by atoms with van der Waals surface area (Å²) >= 11 is 1.40. The van der Waals surface area contributed by atoms with E-state index in [1.54, 1.807) is 11.0 Å². The quantitative estimate of drug-likeness (QED) is 0.873. The number of carbonyl (C=O) groups excluding carboxylic acids is 2. The molecule has 3 amide bonds. The Morgan fingerprint density at radius 1 is 1.38 bits per heavy atom. The van der Waals surface area contributed by atoms with E-state index < -0.39 is 0 Å². The molecule has 1 aliphatic heterocycles. The maximum Gasteiger partial charge on any atom is 0.318 e. The van der Waals surface area contributed by atoms with Gasteiger partial charge >= 0.3 is 6.03 Å². The van der Waals surface area contributed by atoms with Crippen molar-refractivity contribution in [1.29, 1.82) is 0 Å². The Hall–Kier alpha value is -2.35. The second kappa shape index (κ2) is 6.27. The molecule has 0 aromatic carbocycles. The summed E-state index contributed by atoms with van der Waals surface area (Å²) in [5.41, 5.74) is 1.13. The fourth-order valence-electron chi connectivity index (χ4n) is 2.39. The number of amides is 3. The van der Waals surface area contributed by atoms with Gasteiger partial charge in [0.15, 0.2) is 5.13 Å². The summed E-state index contributed by atoms with van der Waals surface area (Å²) < 4.78 is 4.91. The highest BCUT2D eigenvalue weighted by Crippen LogP contribution is 2.28. The van der Waals surface area contributed by atoms with Crippen LogP contribution in [0.1, 0.15) is 41.7 Å². The molecule has 0 aliphatic carbocycles. The normalized spacial score (nSPS) is 14.2. The molecule has 0 fully saturated rings. The number of carbonyl (C=O) groups is 2. The number of thiazole rings is 1. The number of fused-ring (bicyclic) bond motifs is 1. The summed E-state index contributed by atoms with van der Waals surface area (Å²) in [6, 6.07) is 1.52. The van der Waals surface area contributed by atoms with E-state index in [0.717, 1.165) is 10.6 Å². The molecule has 2 aromatic heterocycles. The largest absolute Gasteiger partial charge is 0.472 e. The summed E-state index contributed by atoms with van der Waals surface area (Å²) in [4.78, 5) is 31.6. The van der Waals surface area contributed by atoms with Gasteiger partial charge in [0.1, 0.15) is 6.26 Å². The Morgan fingerprint density at radius 3 is 2.83 bits per heavy atom. The van der Waals surface area contributed by atoms with Crippen molar-refractivity contribution < 1.29 is 14.0 Å². The maximum atomic E-state index is 12.3. The molecule has 128 valence electrons. The van der Waals surface area contributed by atoms with Crippen LogP contribution in [-0.2, 0) is 13.0 Å². The Kier molecular flexibility index (Phi) is 4.31. The average Bonchev–Trinajstić information content (AvgIpc) is 3.13. The van der Waals surface area contributed by atoms with Gasteiger partial charge in [0.25, 0.3) is 5.91 Å². The number of hydrogen-bond acceptors (Lipinski definition) is 5. The van der Waals surface area contributed by atoms with Crippen LogP contribution in [0, 0.1) is 0 Å². The second-order valence-electron chi connectivity index (χ2n) is 6.71. The molecule has 0 saturated heterocycles. The van der Waals surface area contributed by atoms with Crippen LogP contribution in [0.5, 0.6) is 0 Å². The van der Waals surface area contributed by atoms with Crippen LogP contribution in [0.15, 0.2) is 23.0 Å². The Bertz CT molecular complexity index is 746. The molecular weight excluding hydrogens is 328 g/mol. The molecule has 7 nitrogen and oxygen atoms in total. The van der Waals surface area contributed by atoms with Crippen molar-refractivity contribution in [2.75, 3.05) is 11.9 Å². The van der Waals surface area contributed by atoms with Gasteiger partial charge < -0.3 is 14.6 Å². The van der Waals surface area contributed by atoms with Crippen molar-refractivity contribution in [3.8, 4) is 0 Å². The van der Waals surface area contributed by atoms with Gasteiger partial charge in [-0.2, -0.15) is 0 Å². The lowest BCUT2D eigenvalue weighted by atomic mass is 10.1. The highest BCUT2D eigenvalue weighted by molar-refractivity contribution is 7.15. The van der Waals surface area contributed by atoms with Crippen LogP contribution < -0.4 is 10.6 Å². The molecule has 8 heteroatoms. The van der Waals surface area contributed by atoms with Gasteiger partial charge in [-0.1, -0.05) is 11.3 Å². The van der Waals surface area contributed by atoms with Crippen molar-refractivity contribution in [2.24, 2.45) is 0 Å². The highest BCUT2D eigenvalue weighted by atomic mass is 32.1. The van der Waals surface area contributed by atoms with Gasteiger partial charge in [-0.3, -0.25) is 10.1 Å². The molecule has 1 aliphatic rings. The lowest BCUT2D eigenvalue weighted by Crippen LogP contribution is -2.49. The third kappa shape index (κ3) is 3.76. The zero-order valence-corrected chi connectivity index (χ0v) is 14.7. The highest BCUT2D eigenvalue weighted by Gasteiger charge is 2.26. The molecule has 0 atom stereocenters. The van der Waals surface area contributed by atoms with Gasteiger partial charge in [-0.25, -0.2) is 9.78 Å². The van der Waals surface area contributed by atoms with Crippen LogP contribution in [0.4, 0.5) is 9.93 Å². The van der Waals surface area contributed by atoms with Crippen LogP contribution >= 0.6 is 11.3 Å². The fraction of sp³-hybridized carbons (Fsp3) is 0.438. The summed E-state index contributed by atoms with van der Waals surface area (Å²) in [5, 5.41) is 6.29. The SMILES string of the molecule is CC(C)(C)NC(=O)N1CCc2nc(NC(=O)c3ccoc3)sc2C1. The van der Waals surface area contributed by atoms with Crippen molar-refractivity contribution in [1.82, 2.24) is 15.2 Å². The Balaban J connectivity index is 1.66. The third-order valence-electron chi connectivity index (χ3n) is 3.50. The predicted molar refractivity (Wildman–Crippen MR) is 91.2 cm³/mol. The zero-order chi connectivity index (χ0) is 17.3. The maximum absolute atomic E-state index is 12.3. The van der Waals surface area contributed by atoms with Gasteiger partial charge in [0, 0.05) is 23.4 Å². The fourth-order valence-corrected chi connectivity index (χ4v) is 3.40. The molecule has 3 rings (SSSR count). The van der Waals surface area contributed by atoms with E-state index >= 15 is 0 Å². The molecule has 2 N–H and O–H groups in total. The Labute approximate surface area is 144 Å². The second-order valence-corrected chi connectivity index (χ2v) is 7.79. The number of nitrogens with zero attached hydrogens (tertiary/aromatic N) is 2. The average molecular weight is 348 g/mol. The lowest BCUT2D eigenvalue weighted by molar-refractivity contribution is 0.102. The minimum absolute atomic E-state index is 0.0782. The minimum Gasteiger partial charge on any atom is -0.472 e. The first-order chi connectivity index (χ1) is 11.3. The molecule has 0 bridgehead atoms. The number of hydrogen-bond donors (Lipinski definition) is 2. The molecule has 2 aromatic rings. The summed E-state index contributed by atoms with van der Waals surface area (Å²) in [6.07, 6.45) is 3.53. The predicted octanol–water partition coefficient (Wildman–Crippen LogP) is 2.85. The number of urea groups is 1. The number of furan rings is 1. The van der Waals surface area contributed by atoms with E-state index in [1.807, 2.05) is 20.8 Å². The van der Waals surface area contributed by atoms with Crippen molar-refractivity contribution in [3.63, 3.8) is 0 Å². The van der Waals surface area contributed by atoms with Crippen LogP contribution in [0.3, 0.4) is 0 Å². The first-order valence-corrected chi connectivity index (χ1v) is 8.53. The summed E-state index contributed by atoms with van der Waals surface area (Å²) in [7, 11) is 0. The van der Waals surface area contributed by atoms with Gasteiger partial charge in [0.05, 0.1) is 24.1 Å². The van der Waals surface area contributed by atoms with E-state index in [9.17, 15) is 9.59 Å². The summed E-state index contributed by atoms with van der Waals surface area (Å²) in [5.74, 6) is -0.253. The topological polar surface area (TPSA) is 87.5 Å². The van der Waals surface area contributed by atoms with Crippen LogP contribution in [-0.4, -0.2) is 33.9 Å². The molecule has 0 spiro atoms. The zero-order valence-electron chi connectivity index (χ0n) is 13.9. The van der Waals surface area contributed by atoms with Crippen LogP contribution in [0.2, 0.25) is 0 Å². The standard InChI is InChI=1S/C16H20N4O3S/c1-16(2,3)19-15(22)20-6-4-11-12(8-20)24-14(17-11)18-13(21)10-5-7-23-9-10/h5,7,9H,4,6,8H2,1-3H3,(H,19,22)(H,17,18,21). The van der Waals surface area contributed by atoms with E-state index in [4.69, 9.17) is 4.42 Å². The van der Waals surface area contributed by atoms with Crippen molar-refractivity contribution >= 4 is 28.4 Å². The molecule has 0 radical (unpaired) electrons. The number of nitrogens with one attached hydrogen (secondary N) is 2. The van der Waals surface area contributed by atoms with E-state index in [2.05, 4.69) is 15.6 Å². The summed E-state index contributed by atoms with van der Waals surface area (Å²) in [6.45, 7) is 6.99. The van der Waals surface area contributed by atoms with Crippen molar-refractivity contribution in [3.05, 3.63) is 34.7 Å². The lowest BCUT2D eigenvalue weighted by Gasteiger charge is -2.30. The van der Waals surface area contributed by atoms with E-state index in [1.165, 1.54) is 23.9 Å². The first kappa shape index (κ1) is 16.5. The number of aromatic nitrogens is 1. The van der Waals surface area contributed by atoms with E-state index in [-0.39, 0.29) is 17.5 Å². The van der Waals surface area contributed by atoms with Gasteiger partial charge in [-0.05, 0) is 26.8 Å². The smallest absolute Gasteiger partial charge is 0.318 e. The molecule has 24 heavy (non-hydrogen) atoms. The molecule has 3 heterocycles. The van der Waals surface area contributed by atoms with Gasteiger partial charge in [0.2, 0.25) is 0 Å². The molecular formula is C16H20N4O3S. The molecule has 0 saturated carbocycles. The monoisotopic (exact) mass is 348 g/mol. The molecule has 0 unspecified atom stereocenters.